The van der Waals surface area contributed by atoms with Crippen LogP contribution >= 0.6 is 0 Å². The van der Waals surface area contributed by atoms with Gasteiger partial charge >= 0.3 is 0 Å². The Hall–Kier alpha value is -3.61. The van der Waals surface area contributed by atoms with E-state index in [0.29, 0.717) is 5.95 Å². The molecule has 0 aliphatic rings. The van der Waals surface area contributed by atoms with E-state index in [9.17, 15) is 0 Å². The predicted octanol–water partition coefficient (Wildman–Crippen LogP) is 3.85. The maximum absolute atomic E-state index is 5.20. The van der Waals surface area contributed by atoms with E-state index < -0.39 is 0 Å². The van der Waals surface area contributed by atoms with Gasteiger partial charge in [0.2, 0.25) is 5.95 Å². The lowest BCUT2D eigenvalue weighted by Crippen LogP contribution is -2.02. The molecular weight excluding hydrogens is 316 g/mol. The third-order valence-electron chi connectivity index (χ3n) is 3.71. The second kappa shape index (κ2) is 6.48. The molecule has 0 fully saturated rings. The van der Waals surface area contributed by atoms with Gasteiger partial charge in [-0.15, -0.1) is 0 Å². The fraction of sp³-hybridized carbons (Fsp3) is 0.0556. The van der Waals surface area contributed by atoms with E-state index in [4.69, 9.17) is 4.74 Å². The molecule has 0 aliphatic carbocycles. The minimum atomic E-state index is 0.496. The van der Waals surface area contributed by atoms with Gasteiger partial charge in [0.05, 0.1) is 24.5 Å². The van der Waals surface area contributed by atoms with Crippen LogP contribution in [-0.4, -0.2) is 27.3 Å². The summed E-state index contributed by atoms with van der Waals surface area (Å²) in [5, 5.41) is 14.1. The van der Waals surface area contributed by atoms with Gasteiger partial charge in [-0.25, -0.2) is 4.98 Å². The zero-order chi connectivity index (χ0) is 17.1. The number of fused-ring (bicyclic) bond motifs is 1. The smallest absolute Gasteiger partial charge is 0.229 e. The van der Waals surface area contributed by atoms with Crippen molar-refractivity contribution in [3.63, 3.8) is 0 Å². The van der Waals surface area contributed by atoms with E-state index in [0.717, 1.165) is 33.8 Å². The Balaban J connectivity index is 1.72. The number of ether oxygens (including phenoxy) is 1. The lowest BCUT2D eigenvalue weighted by atomic mass is 10.2. The predicted molar refractivity (Wildman–Crippen MR) is 97.7 cm³/mol. The summed E-state index contributed by atoms with van der Waals surface area (Å²) < 4.78 is 5.20. The first-order valence-electron chi connectivity index (χ1n) is 7.75. The standard InChI is InChI=1S/C18H16N6O/c1-25-14-8-6-12(7-9-14)21-17-15-4-2-3-5-16(15)23-18(24-17)22-13-10-19-20-11-13/h2-11H,1H3,(H,19,20)(H2,21,22,23,24). The van der Waals surface area contributed by atoms with Crippen LogP contribution in [0.15, 0.2) is 60.9 Å². The summed E-state index contributed by atoms with van der Waals surface area (Å²) in [6.07, 6.45) is 3.42. The third kappa shape index (κ3) is 3.20. The molecule has 2 aromatic heterocycles. The molecule has 0 atom stereocenters. The van der Waals surface area contributed by atoms with Crippen molar-refractivity contribution in [2.75, 3.05) is 17.7 Å². The van der Waals surface area contributed by atoms with Crippen molar-refractivity contribution in [2.24, 2.45) is 0 Å². The van der Waals surface area contributed by atoms with Gasteiger partial charge in [-0.1, -0.05) is 12.1 Å². The SMILES string of the molecule is COc1ccc(Nc2nc(Nc3cn[nH]c3)nc3ccccc23)cc1. The van der Waals surface area contributed by atoms with E-state index >= 15 is 0 Å². The van der Waals surface area contributed by atoms with Crippen LogP contribution in [0.2, 0.25) is 0 Å². The molecule has 2 aromatic carbocycles. The normalized spacial score (nSPS) is 10.6. The van der Waals surface area contributed by atoms with Crippen LogP contribution in [0, 0.1) is 0 Å². The molecule has 0 spiro atoms. The Morgan fingerprint density at radius 2 is 1.76 bits per heavy atom. The monoisotopic (exact) mass is 332 g/mol. The fourth-order valence-electron chi connectivity index (χ4n) is 2.49. The summed E-state index contributed by atoms with van der Waals surface area (Å²) in [6, 6.07) is 15.5. The van der Waals surface area contributed by atoms with E-state index in [-0.39, 0.29) is 0 Å². The second-order valence-electron chi connectivity index (χ2n) is 5.38. The molecule has 4 aromatic rings. The molecule has 124 valence electrons. The molecule has 0 bridgehead atoms. The van der Waals surface area contributed by atoms with Crippen LogP contribution < -0.4 is 15.4 Å². The number of hydrogen-bond donors (Lipinski definition) is 3. The van der Waals surface area contributed by atoms with Gasteiger partial charge in [0.25, 0.3) is 0 Å². The van der Waals surface area contributed by atoms with Crippen molar-refractivity contribution >= 4 is 34.0 Å². The lowest BCUT2D eigenvalue weighted by Gasteiger charge is -2.11. The zero-order valence-corrected chi connectivity index (χ0v) is 13.5. The van der Waals surface area contributed by atoms with E-state index in [2.05, 4.69) is 30.8 Å². The molecule has 0 radical (unpaired) electrons. The van der Waals surface area contributed by atoms with Crippen molar-refractivity contribution < 1.29 is 4.74 Å². The van der Waals surface area contributed by atoms with Crippen molar-refractivity contribution in [2.45, 2.75) is 0 Å². The Morgan fingerprint density at radius 3 is 2.52 bits per heavy atom. The number of nitrogens with zero attached hydrogens (tertiary/aromatic N) is 3. The Bertz CT molecular complexity index is 982. The van der Waals surface area contributed by atoms with E-state index in [1.165, 1.54) is 0 Å². The van der Waals surface area contributed by atoms with Crippen LogP contribution in [-0.2, 0) is 0 Å². The summed E-state index contributed by atoms with van der Waals surface area (Å²) in [5.74, 6) is 2.03. The molecule has 0 aliphatic heterocycles. The van der Waals surface area contributed by atoms with Gasteiger partial charge in [-0.3, -0.25) is 5.10 Å². The number of rotatable bonds is 5. The van der Waals surface area contributed by atoms with Gasteiger partial charge in [0.15, 0.2) is 0 Å². The van der Waals surface area contributed by atoms with Gasteiger partial charge in [0.1, 0.15) is 11.6 Å². The maximum Gasteiger partial charge on any atom is 0.229 e. The molecule has 7 heteroatoms. The lowest BCUT2D eigenvalue weighted by molar-refractivity contribution is 0.415. The van der Waals surface area contributed by atoms with Crippen molar-refractivity contribution in [3.05, 3.63) is 60.9 Å². The Kier molecular flexibility index (Phi) is 3.88. The zero-order valence-electron chi connectivity index (χ0n) is 13.5. The molecule has 25 heavy (non-hydrogen) atoms. The number of H-pyrrole nitrogens is 1. The van der Waals surface area contributed by atoms with Crippen molar-refractivity contribution in [3.8, 4) is 5.75 Å². The molecule has 0 saturated heterocycles. The summed E-state index contributed by atoms with van der Waals surface area (Å²) in [4.78, 5) is 9.16. The molecule has 0 unspecified atom stereocenters. The van der Waals surface area contributed by atoms with Gasteiger partial charge in [-0.2, -0.15) is 10.1 Å². The third-order valence-corrected chi connectivity index (χ3v) is 3.71. The maximum atomic E-state index is 5.20. The Labute approximate surface area is 144 Å². The second-order valence-corrected chi connectivity index (χ2v) is 5.38. The number of benzene rings is 2. The quantitative estimate of drug-likeness (QED) is 0.514. The molecule has 2 heterocycles. The van der Waals surface area contributed by atoms with Crippen LogP contribution in [0.1, 0.15) is 0 Å². The highest BCUT2D eigenvalue weighted by atomic mass is 16.5. The fourth-order valence-corrected chi connectivity index (χ4v) is 2.49. The molecule has 0 amide bonds. The minimum Gasteiger partial charge on any atom is -0.497 e. The van der Waals surface area contributed by atoms with Crippen LogP contribution in [0.4, 0.5) is 23.1 Å². The first kappa shape index (κ1) is 14.9. The number of methoxy groups -OCH3 is 1. The number of anilines is 4. The number of hydrogen-bond acceptors (Lipinski definition) is 6. The largest absolute Gasteiger partial charge is 0.497 e. The summed E-state index contributed by atoms with van der Waals surface area (Å²) in [7, 11) is 1.65. The highest BCUT2D eigenvalue weighted by molar-refractivity contribution is 5.92. The first-order chi connectivity index (χ1) is 12.3. The van der Waals surface area contributed by atoms with Crippen molar-refractivity contribution in [1.29, 1.82) is 0 Å². The molecule has 7 nitrogen and oxygen atoms in total. The number of aromatic amines is 1. The number of nitrogens with one attached hydrogen (secondary N) is 3. The van der Waals surface area contributed by atoms with Crippen molar-refractivity contribution in [1.82, 2.24) is 20.2 Å². The molecular formula is C18H16N6O. The number of para-hydroxylation sites is 1. The number of aromatic nitrogens is 4. The molecule has 4 rings (SSSR count). The highest BCUT2D eigenvalue weighted by Crippen LogP contribution is 2.27. The topological polar surface area (TPSA) is 87.8 Å². The molecule has 0 saturated carbocycles. The molecule has 3 N–H and O–H groups in total. The van der Waals surface area contributed by atoms with Crippen LogP contribution in [0.5, 0.6) is 5.75 Å². The van der Waals surface area contributed by atoms with Crippen LogP contribution in [0.3, 0.4) is 0 Å². The minimum absolute atomic E-state index is 0.496. The van der Waals surface area contributed by atoms with Gasteiger partial charge in [-0.05, 0) is 36.4 Å². The Morgan fingerprint density at radius 1 is 0.920 bits per heavy atom. The van der Waals surface area contributed by atoms with E-state index in [1.54, 1.807) is 19.5 Å². The van der Waals surface area contributed by atoms with Gasteiger partial charge < -0.3 is 15.4 Å². The summed E-state index contributed by atoms with van der Waals surface area (Å²) >= 11 is 0. The average molecular weight is 332 g/mol. The summed E-state index contributed by atoms with van der Waals surface area (Å²) in [5.41, 5.74) is 2.56. The highest BCUT2D eigenvalue weighted by Gasteiger charge is 2.09. The first-order valence-corrected chi connectivity index (χ1v) is 7.75. The van der Waals surface area contributed by atoms with Gasteiger partial charge in [0, 0.05) is 17.3 Å². The average Bonchev–Trinajstić information content (AvgIpc) is 3.15. The van der Waals surface area contributed by atoms with Crippen LogP contribution in [0.25, 0.3) is 10.9 Å². The summed E-state index contributed by atoms with van der Waals surface area (Å²) in [6.45, 7) is 0. The van der Waals surface area contributed by atoms with E-state index in [1.807, 2.05) is 48.5 Å².